The molecule has 0 aliphatic heterocycles. The van der Waals surface area contributed by atoms with E-state index in [1.807, 2.05) is 6.92 Å². The van der Waals surface area contributed by atoms with Crippen molar-refractivity contribution in [2.24, 2.45) is 0 Å². The first kappa shape index (κ1) is 16.1. The van der Waals surface area contributed by atoms with Gasteiger partial charge in [-0.15, -0.1) is 0 Å². The summed E-state index contributed by atoms with van der Waals surface area (Å²) in [7, 11) is 1.64. The minimum absolute atomic E-state index is 0.453. The Balaban J connectivity index is 3.36. The fourth-order valence-corrected chi connectivity index (χ4v) is 1.22. The molecule has 2 N–H and O–H groups in total. The van der Waals surface area contributed by atoms with Crippen molar-refractivity contribution in [1.29, 1.82) is 0 Å². The number of carboxylic acid groups (broad SMARTS) is 1. The van der Waals surface area contributed by atoms with E-state index in [0.717, 1.165) is 13.0 Å². The molecule has 100 valence electrons. The minimum atomic E-state index is -0.836. The topological polar surface area (TPSA) is 67.8 Å². The molecule has 0 atom stereocenters. The van der Waals surface area contributed by atoms with Crippen molar-refractivity contribution in [1.82, 2.24) is 5.32 Å². The van der Waals surface area contributed by atoms with Crippen LogP contribution in [0.3, 0.4) is 0 Å². The number of carbonyl (C=O) groups is 1. The Bertz CT molecular complexity index is 229. The number of rotatable bonds is 11. The molecule has 0 aromatic carbocycles. The normalized spacial score (nSPS) is 11.8. The summed E-state index contributed by atoms with van der Waals surface area (Å²) in [6.07, 6.45) is 3.18. The van der Waals surface area contributed by atoms with Crippen LogP contribution in [0.15, 0.2) is 11.6 Å². The molecule has 5 heteroatoms. The van der Waals surface area contributed by atoms with E-state index < -0.39 is 5.97 Å². The van der Waals surface area contributed by atoms with Crippen LogP contribution in [0.1, 0.15) is 19.8 Å². The van der Waals surface area contributed by atoms with Gasteiger partial charge in [0.2, 0.25) is 0 Å². The van der Waals surface area contributed by atoms with Gasteiger partial charge in [0.1, 0.15) is 0 Å². The highest BCUT2D eigenvalue weighted by atomic mass is 16.5. The van der Waals surface area contributed by atoms with Crippen LogP contribution in [0, 0.1) is 0 Å². The van der Waals surface area contributed by atoms with Crippen molar-refractivity contribution in [2.75, 3.05) is 40.0 Å². The molecule has 0 radical (unpaired) electrons. The van der Waals surface area contributed by atoms with Crippen molar-refractivity contribution in [3.63, 3.8) is 0 Å². The average Bonchev–Trinajstić information content (AvgIpc) is 2.31. The second-order valence-electron chi connectivity index (χ2n) is 3.55. The van der Waals surface area contributed by atoms with Crippen LogP contribution < -0.4 is 5.32 Å². The van der Waals surface area contributed by atoms with Gasteiger partial charge in [0.05, 0.1) is 13.2 Å². The second kappa shape index (κ2) is 11.6. The van der Waals surface area contributed by atoms with E-state index in [1.165, 1.54) is 0 Å². The second-order valence-corrected chi connectivity index (χ2v) is 3.55. The lowest BCUT2D eigenvalue weighted by Gasteiger charge is -2.04. The average molecular weight is 245 g/mol. The summed E-state index contributed by atoms with van der Waals surface area (Å²) in [4.78, 5) is 10.7. The fourth-order valence-electron chi connectivity index (χ4n) is 1.22. The lowest BCUT2D eigenvalue weighted by atomic mass is 10.2. The van der Waals surface area contributed by atoms with Crippen LogP contribution in [-0.2, 0) is 14.3 Å². The third-order valence-corrected chi connectivity index (χ3v) is 2.22. The van der Waals surface area contributed by atoms with Crippen molar-refractivity contribution in [2.45, 2.75) is 19.8 Å². The van der Waals surface area contributed by atoms with Crippen molar-refractivity contribution < 1.29 is 19.4 Å². The molecule has 0 aliphatic carbocycles. The Morgan fingerprint density at radius 2 is 2.12 bits per heavy atom. The minimum Gasteiger partial charge on any atom is -0.478 e. The summed E-state index contributed by atoms with van der Waals surface area (Å²) in [5.41, 5.74) is 0.453. The van der Waals surface area contributed by atoms with Crippen LogP contribution >= 0.6 is 0 Å². The van der Waals surface area contributed by atoms with Gasteiger partial charge in [-0.2, -0.15) is 0 Å². The Kier molecular flexibility index (Phi) is 11.0. The summed E-state index contributed by atoms with van der Waals surface area (Å²) < 4.78 is 10.1. The van der Waals surface area contributed by atoms with Crippen LogP contribution in [0.4, 0.5) is 0 Å². The van der Waals surface area contributed by atoms with Gasteiger partial charge in [-0.3, -0.25) is 0 Å². The molecule has 0 saturated carbocycles. The summed E-state index contributed by atoms with van der Waals surface area (Å²) in [5.74, 6) is -0.836. The van der Waals surface area contributed by atoms with Crippen LogP contribution in [0.5, 0.6) is 0 Å². The number of hydrogen-bond donors (Lipinski definition) is 2. The predicted octanol–water partition coefficient (Wildman–Crippen LogP) is 1.05. The molecule has 0 saturated heterocycles. The largest absolute Gasteiger partial charge is 0.478 e. The van der Waals surface area contributed by atoms with E-state index in [9.17, 15) is 4.79 Å². The molecule has 0 bridgehead atoms. The first-order valence-electron chi connectivity index (χ1n) is 5.92. The lowest BCUT2D eigenvalue weighted by molar-refractivity contribution is -0.132. The SMILES string of the molecule is CCC(=CCNCCCOCCOC)C(=O)O. The van der Waals surface area contributed by atoms with Crippen molar-refractivity contribution in [3.05, 3.63) is 11.6 Å². The standard InChI is InChI=1S/C12H23NO4/c1-3-11(12(14)15)5-7-13-6-4-8-17-10-9-16-2/h5,13H,3-4,6-10H2,1-2H3,(H,14,15). The quantitative estimate of drug-likeness (QED) is 0.421. The Morgan fingerprint density at radius 3 is 2.71 bits per heavy atom. The Labute approximate surface area is 103 Å². The van der Waals surface area contributed by atoms with E-state index in [4.69, 9.17) is 14.6 Å². The van der Waals surface area contributed by atoms with Gasteiger partial charge in [-0.25, -0.2) is 4.79 Å². The molecule has 0 heterocycles. The number of hydrogen-bond acceptors (Lipinski definition) is 4. The summed E-state index contributed by atoms with van der Waals surface area (Å²) in [5, 5.41) is 11.9. The maximum absolute atomic E-state index is 10.7. The smallest absolute Gasteiger partial charge is 0.331 e. The fraction of sp³-hybridized carbons (Fsp3) is 0.750. The number of ether oxygens (including phenoxy) is 2. The van der Waals surface area contributed by atoms with Gasteiger partial charge < -0.3 is 19.9 Å². The van der Waals surface area contributed by atoms with E-state index in [-0.39, 0.29) is 0 Å². The first-order valence-corrected chi connectivity index (χ1v) is 5.92. The molecule has 0 aromatic heterocycles. The highest BCUT2D eigenvalue weighted by molar-refractivity contribution is 5.86. The van der Waals surface area contributed by atoms with Gasteiger partial charge >= 0.3 is 5.97 Å². The molecule has 0 unspecified atom stereocenters. The maximum Gasteiger partial charge on any atom is 0.331 e. The molecule has 0 rings (SSSR count). The van der Waals surface area contributed by atoms with Gasteiger partial charge in [0.15, 0.2) is 0 Å². The zero-order valence-electron chi connectivity index (χ0n) is 10.7. The molecule has 0 spiro atoms. The Morgan fingerprint density at radius 1 is 1.35 bits per heavy atom. The van der Waals surface area contributed by atoms with Crippen molar-refractivity contribution >= 4 is 5.97 Å². The van der Waals surface area contributed by atoms with E-state index in [2.05, 4.69) is 5.32 Å². The summed E-state index contributed by atoms with van der Waals surface area (Å²) in [6.45, 7) is 5.18. The maximum atomic E-state index is 10.7. The van der Waals surface area contributed by atoms with Gasteiger partial charge in [-0.1, -0.05) is 13.0 Å². The van der Waals surface area contributed by atoms with E-state index in [0.29, 0.717) is 38.4 Å². The number of carboxylic acids is 1. The third kappa shape index (κ3) is 9.99. The summed E-state index contributed by atoms with van der Waals surface area (Å²) in [6, 6.07) is 0. The summed E-state index contributed by atoms with van der Waals surface area (Å²) >= 11 is 0. The molecule has 0 amide bonds. The third-order valence-electron chi connectivity index (χ3n) is 2.22. The predicted molar refractivity (Wildman–Crippen MR) is 66.2 cm³/mol. The zero-order chi connectivity index (χ0) is 12.9. The molecule has 17 heavy (non-hydrogen) atoms. The highest BCUT2D eigenvalue weighted by Gasteiger charge is 2.02. The molecule has 0 aromatic rings. The monoisotopic (exact) mass is 245 g/mol. The number of aliphatic carboxylic acids is 1. The van der Waals surface area contributed by atoms with Crippen LogP contribution in [0.2, 0.25) is 0 Å². The molecule has 5 nitrogen and oxygen atoms in total. The molecule has 0 aliphatic rings. The first-order chi connectivity index (χ1) is 8.22. The number of nitrogens with one attached hydrogen (secondary N) is 1. The molecular formula is C12H23NO4. The van der Waals surface area contributed by atoms with Crippen molar-refractivity contribution in [3.8, 4) is 0 Å². The van der Waals surface area contributed by atoms with Crippen LogP contribution in [0.25, 0.3) is 0 Å². The van der Waals surface area contributed by atoms with Gasteiger partial charge in [0.25, 0.3) is 0 Å². The Hall–Kier alpha value is -0.910. The van der Waals surface area contributed by atoms with Crippen LogP contribution in [-0.4, -0.2) is 51.1 Å². The molecular weight excluding hydrogens is 222 g/mol. The molecule has 0 fully saturated rings. The van der Waals surface area contributed by atoms with Gasteiger partial charge in [-0.05, 0) is 19.4 Å². The van der Waals surface area contributed by atoms with Gasteiger partial charge in [0, 0.05) is 25.8 Å². The highest BCUT2D eigenvalue weighted by Crippen LogP contribution is 1.98. The number of methoxy groups -OCH3 is 1. The van der Waals surface area contributed by atoms with E-state index >= 15 is 0 Å². The zero-order valence-corrected chi connectivity index (χ0v) is 10.7. The van der Waals surface area contributed by atoms with E-state index in [1.54, 1.807) is 13.2 Å². The lowest BCUT2D eigenvalue weighted by Crippen LogP contribution is -2.18.